The molecule has 0 unspecified atom stereocenters. The van der Waals surface area contributed by atoms with Gasteiger partial charge in [0, 0.05) is 23.7 Å². The number of rotatable bonds is 6. The molecule has 3 aromatic rings. The van der Waals surface area contributed by atoms with Crippen molar-refractivity contribution >= 4 is 5.91 Å². The van der Waals surface area contributed by atoms with E-state index in [9.17, 15) is 9.59 Å². The van der Waals surface area contributed by atoms with Crippen LogP contribution in [0.5, 0.6) is 0 Å². The largest absolute Gasteiger partial charge is 0.350 e. The molecule has 0 bridgehead atoms. The third-order valence-electron chi connectivity index (χ3n) is 4.46. The predicted molar refractivity (Wildman–Crippen MR) is 99.0 cm³/mol. The molecule has 6 heteroatoms. The molecule has 0 radical (unpaired) electrons. The molecule has 1 aromatic heterocycles. The molecule has 2 aromatic carbocycles. The number of benzene rings is 2. The van der Waals surface area contributed by atoms with Crippen molar-refractivity contribution in [1.29, 1.82) is 0 Å². The minimum atomic E-state index is -0.149. The summed E-state index contributed by atoms with van der Waals surface area (Å²) in [5.74, 6) is 0.552. The first-order valence-corrected chi connectivity index (χ1v) is 8.82. The lowest BCUT2D eigenvalue weighted by Gasteiger charge is -2.04. The molecular formula is C20H20N4O2. The van der Waals surface area contributed by atoms with Gasteiger partial charge < -0.3 is 5.32 Å². The second-order valence-corrected chi connectivity index (χ2v) is 6.42. The monoisotopic (exact) mass is 348 g/mol. The summed E-state index contributed by atoms with van der Waals surface area (Å²) in [6, 6.07) is 19.0. The molecule has 1 fully saturated rings. The first-order chi connectivity index (χ1) is 12.7. The van der Waals surface area contributed by atoms with E-state index in [1.807, 2.05) is 48.5 Å². The molecular weight excluding hydrogens is 328 g/mol. The van der Waals surface area contributed by atoms with Crippen LogP contribution in [0.1, 0.15) is 29.2 Å². The van der Waals surface area contributed by atoms with E-state index < -0.39 is 0 Å². The van der Waals surface area contributed by atoms with Crippen molar-refractivity contribution in [3.8, 4) is 11.4 Å². The maximum Gasteiger partial charge on any atom is 0.346 e. The Bertz CT molecular complexity index is 956. The van der Waals surface area contributed by atoms with Gasteiger partial charge in [-0.1, -0.05) is 48.5 Å². The normalized spacial score (nSPS) is 13.5. The fourth-order valence-electron chi connectivity index (χ4n) is 2.98. The Hall–Kier alpha value is -3.15. The molecule has 0 atom stereocenters. The van der Waals surface area contributed by atoms with Gasteiger partial charge in [0.1, 0.15) is 0 Å². The lowest BCUT2D eigenvalue weighted by molar-refractivity contribution is 0.0952. The summed E-state index contributed by atoms with van der Waals surface area (Å²) >= 11 is 0. The zero-order chi connectivity index (χ0) is 17.9. The van der Waals surface area contributed by atoms with Crippen LogP contribution in [0.25, 0.3) is 11.4 Å². The summed E-state index contributed by atoms with van der Waals surface area (Å²) in [6.45, 7) is 0.695. The molecule has 0 saturated heterocycles. The van der Waals surface area contributed by atoms with E-state index >= 15 is 0 Å². The van der Waals surface area contributed by atoms with Gasteiger partial charge in [-0.05, 0) is 25.0 Å². The van der Waals surface area contributed by atoms with Gasteiger partial charge in [-0.3, -0.25) is 9.36 Å². The summed E-state index contributed by atoms with van der Waals surface area (Å²) in [6.07, 6.45) is 2.02. The number of aromatic nitrogens is 3. The van der Waals surface area contributed by atoms with Crippen LogP contribution >= 0.6 is 0 Å². The van der Waals surface area contributed by atoms with E-state index in [0.717, 1.165) is 18.4 Å². The molecule has 1 amide bonds. The Morgan fingerprint density at radius 1 is 1.04 bits per heavy atom. The van der Waals surface area contributed by atoms with Crippen LogP contribution in [0, 0.1) is 0 Å². The summed E-state index contributed by atoms with van der Waals surface area (Å²) in [7, 11) is 0. The lowest BCUT2D eigenvalue weighted by Crippen LogP contribution is -2.32. The second kappa shape index (κ2) is 7.00. The van der Waals surface area contributed by atoms with Crippen LogP contribution in [0.4, 0.5) is 0 Å². The van der Waals surface area contributed by atoms with Crippen LogP contribution in [0.15, 0.2) is 65.5 Å². The molecule has 1 heterocycles. The van der Waals surface area contributed by atoms with Gasteiger partial charge in [-0.2, -0.15) is 0 Å². The molecule has 132 valence electrons. The van der Waals surface area contributed by atoms with E-state index in [2.05, 4.69) is 10.4 Å². The number of amides is 1. The molecule has 1 N–H and O–H groups in total. The number of nitrogens with one attached hydrogen (secondary N) is 1. The third-order valence-corrected chi connectivity index (χ3v) is 4.46. The smallest absolute Gasteiger partial charge is 0.346 e. The van der Waals surface area contributed by atoms with Crippen LogP contribution in [0.2, 0.25) is 0 Å². The van der Waals surface area contributed by atoms with Crippen LogP contribution in [-0.4, -0.2) is 26.8 Å². The molecule has 6 nitrogen and oxygen atoms in total. The Morgan fingerprint density at radius 2 is 1.69 bits per heavy atom. The average molecular weight is 348 g/mol. The first kappa shape index (κ1) is 16.3. The predicted octanol–water partition coefficient (Wildman–Crippen LogP) is 2.48. The van der Waals surface area contributed by atoms with Crippen molar-refractivity contribution in [1.82, 2.24) is 19.7 Å². The van der Waals surface area contributed by atoms with Gasteiger partial charge in [-0.15, -0.1) is 5.10 Å². The van der Waals surface area contributed by atoms with E-state index in [-0.39, 0.29) is 17.6 Å². The van der Waals surface area contributed by atoms with Crippen LogP contribution < -0.4 is 11.0 Å². The Labute approximate surface area is 151 Å². The van der Waals surface area contributed by atoms with Crippen LogP contribution in [-0.2, 0) is 6.54 Å². The average Bonchev–Trinajstić information content (AvgIpc) is 3.47. The second-order valence-electron chi connectivity index (χ2n) is 6.42. The standard InChI is InChI=1S/C20H20N4O2/c25-19(16-9-5-2-6-10-16)21-13-14-23-20(26)24(17-11-12-17)18(22-23)15-7-3-1-4-8-15/h1-10,17H,11-14H2,(H,21,25). The van der Waals surface area contributed by atoms with Crippen molar-refractivity contribution in [2.45, 2.75) is 25.4 Å². The maximum atomic E-state index is 12.7. The number of nitrogens with zero attached hydrogens (tertiary/aromatic N) is 3. The van der Waals surface area contributed by atoms with Gasteiger partial charge in [0.05, 0.1) is 6.54 Å². The highest BCUT2D eigenvalue weighted by Crippen LogP contribution is 2.36. The van der Waals surface area contributed by atoms with Crippen molar-refractivity contribution in [3.63, 3.8) is 0 Å². The summed E-state index contributed by atoms with van der Waals surface area (Å²) in [5.41, 5.74) is 1.43. The van der Waals surface area contributed by atoms with E-state index in [0.29, 0.717) is 24.5 Å². The maximum absolute atomic E-state index is 12.7. The third kappa shape index (κ3) is 3.31. The zero-order valence-electron chi connectivity index (χ0n) is 14.3. The van der Waals surface area contributed by atoms with Crippen molar-refractivity contribution < 1.29 is 4.79 Å². The Kier molecular flexibility index (Phi) is 4.39. The Balaban J connectivity index is 1.51. The van der Waals surface area contributed by atoms with E-state index in [4.69, 9.17) is 0 Å². The highest BCUT2D eigenvalue weighted by atomic mass is 16.2. The van der Waals surface area contributed by atoms with E-state index in [1.165, 1.54) is 4.68 Å². The van der Waals surface area contributed by atoms with Gasteiger partial charge in [0.15, 0.2) is 5.82 Å². The highest BCUT2D eigenvalue weighted by molar-refractivity contribution is 5.94. The minimum Gasteiger partial charge on any atom is -0.350 e. The molecule has 0 aliphatic heterocycles. The quantitative estimate of drug-likeness (QED) is 0.744. The lowest BCUT2D eigenvalue weighted by atomic mass is 10.2. The summed E-state index contributed by atoms with van der Waals surface area (Å²) in [4.78, 5) is 24.8. The van der Waals surface area contributed by atoms with E-state index in [1.54, 1.807) is 16.7 Å². The minimum absolute atomic E-state index is 0.111. The summed E-state index contributed by atoms with van der Waals surface area (Å²) < 4.78 is 3.24. The fourth-order valence-corrected chi connectivity index (χ4v) is 2.98. The topological polar surface area (TPSA) is 68.9 Å². The summed E-state index contributed by atoms with van der Waals surface area (Å²) in [5, 5.41) is 7.37. The van der Waals surface area contributed by atoms with Gasteiger partial charge in [-0.25, -0.2) is 9.48 Å². The Morgan fingerprint density at radius 3 is 2.35 bits per heavy atom. The van der Waals surface area contributed by atoms with Crippen LogP contribution in [0.3, 0.4) is 0 Å². The fraction of sp³-hybridized carbons (Fsp3) is 0.250. The van der Waals surface area contributed by atoms with Gasteiger partial charge in [0.25, 0.3) is 5.91 Å². The van der Waals surface area contributed by atoms with Crippen molar-refractivity contribution in [2.24, 2.45) is 0 Å². The molecule has 0 spiro atoms. The van der Waals surface area contributed by atoms with Crippen molar-refractivity contribution in [2.75, 3.05) is 6.54 Å². The van der Waals surface area contributed by atoms with Crippen molar-refractivity contribution in [3.05, 3.63) is 76.7 Å². The number of hydrogen-bond acceptors (Lipinski definition) is 3. The molecule has 26 heavy (non-hydrogen) atoms. The molecule has 4 rings (SSSR count). The number of hydrogen-bond donors (Lipinski definition) is 1. The highest BCUT2D eigenvalue weighted by Gasteiger charge is 2.30. The van der Waals surface area contributed by atoms with Gasteiger partial charge >= 0.3 is 5.69 Å². The molecule has 1 aliphatic rings. The number of carbonyl (C=O) groups is 1. The SMILES string of the molecule is O=C(NCCn1nc(-c2ccccc2)n(C2CC2)c1=O)c1ccccc1. The molecule has 1 aliphatic carbocycles. The number of carbonyl (C=O) groups excluding carboxylic acids is 1. The first-order valence-electron chi connectivity index (χ1n) is 8.82. The zero-order valence-corrected chi connectivity index (χ0v) is 14.3. The molecule has 1 saturated carbocycles. The van der Waals surface area contributed by atoms with Gasteiger partial charge in [0.2, 0.25) is 0 Å².